The van der Waals surface area contributed by atoms with Gasteiger partial charge in [-0.25, -0.2) is 9.97 Å². The number of amides is 1. The average molecular weight is 374 g/mol. The Morgan fingerprint density at radius 1 is 1.19 bits per heavy atom. The van der Waals surface area contributed by atoms with E-state index in [1.54, 1.807) is 0 Å². The molecule has 2 fully saturated rings. The van der Waals surface area contributed by atoms with Gasteiger partial charge in [0.1, 0.15) is 0 Å². The molecule has 27 heavy (non-hydrogen) atoms. The van der Waals surface area contributed by atoms with Crippen molar-refractivity contribution in [2.75, 3.05) is 37.6 Å². The van der Waals surface area contributed by atoms with Gasteiger partial charge in [0.05, 0.1) is 0 Å². The minimum Gasteiger partial charge on any atom is -0.356 e. The van der Waals surface area contributed by atoms with E-state index in [2.05, 4.69) is 32.0 Å². The van der Waals surface area contributed by atoms with Gasteiger partial charge in [-0.05, 0) is 65.1 Å². The largest absolute Gasteiger partial charge is 0.356 e. The third-order valence-corrected chi connectivity index (χ3v) is 6.06. The number of nitrogens with zero attached hydrogens (tertiary/aromatic N) is 4. The van der Waals surface area contributed by atoms with Gasteiger partial charge in [-0.15, -0.1) is 0 Å². The maximum Gasteiger partial charge on any atom is 0.225 e. The molecule has 3 heterocycles. The lowest BCUT2D eigenvalue weighted by Crippen LogP contribution is -2.42. The number of piperidine rings is 1. The minimum absolute atomic E-state index is 0.125. The predicted molar refractivity (Wildman–Crippen MR) is 109 cm³/mol. The first kappa shape index (κ1) is 20.1. The molecule has 2 saturated heterocycles. The number of hydrogen-bond donors (Lipinski definition) is 1. The number of carbonyl (C=O) groups is 1. The number of nitrogens with one attached hydrogen (secondary N) is 1. The molecule has 0 bridgehead atoms. The molecule has 2 aliphatic heterocycles. The number of likely N-dealkylation sites (tertiary alicyclic amines) is 1. The van der Waals surface area contributed by atoms with Gasteiger partial charge >= 0.3 is 0 Å². The van der Waals surface area contributed by atoms with E-state index in [1.165, 1.54) is 38.8 Å². The zero-order chi connectivity index (χ0) is 19.1. The molecular formula is C21H35N5O. The van der Waals surface area contributed by atoms with Gasteiger partial charge in [-0.2, -0.15) is 0 Å². The Balaban J connectivity index is 1.37. The summed E-state index contributed by atoms with van der Waals surface area (Å²) in [6, 6.07) is 2.47. The Morgan fingerprint density at radius 3 is 2.56 bits per heavy atom. The van der Waals surface area contributed by atoms with Crippen LogP contribution in [0.3, 0.4) is 0 Å². The van der Waals surface area contributed by atoms with Crippen LogP contribution in [0, 0.1) is 12.8 Å². The molecule has 1 amide bonds. The maximum absolute atomic E-state index is 12.5. The second kappa shape index (κ2) is 10.0. The van der Waals surface area contributed by atoms with Crippen molar-refractivity contribution in [3.05, 3.63) is 18.0 Å². The van der Waals surface area contributed by atoms with E-state index >= 15 is 0 Å². The summed E-state index contributed by atoms with van der Waals surface area (Å²) in [6.45, 7) is 9.22. The fourth-order valence-electron chi connectivity index (χ4n) is 4.20. The number of aromatic nitrogens is 2. The van der Waals surface area contributed by atoms with Gasteiger partial charge in [-0.1, -0.05) is 12.8 Å². The number of hydrogen-bond acceptors (Lipinski definition) is 5. The van der Waals surface area contributed by atoms with Crippen molar-refractivity contribution in [3.63, 3.8) is 0 Å². The highest BCUT2D eigenvalue weighted by molar-refractivity contribution is 5.78. The normalized spacial score (nSPS) is 20.9. The minimum atomic E-state index is 0.125. The lowest BCUT2D eigenvalue weighted by molar-refractivity contribution is -0.125. The molecule has 1 unspecified atom stereocenters. The molecule has 6 heteroatoms. The molecule has 1 aromatic rings. The van der Waals surface area contributed by atoms with E-state index < -0.39 is 0 Å². The summed E-state index contributed by atoms with van der Waals surface area (Å²) >= 11 is 0. The number of anilines is 1. The van der Waals surface area contributed by atoms with Gasteiger partial charge in [-0.3, -0.25) is 4.79 Å². The third-order valence-electron chi connectivity index (χ3n) is 6.06. The number of aryl methyl sites for hydroxylation is 1. The third kappa shape index (κ3) is 5.89. The van der Waals surface area contributed by atoms with E-state index in [9.17, 15) is 4.79 Å². The molecule has 150 valence electrons. The quantitative estimate of drug-likeness (QED) is 0.831. The van der Waals surface area contributed by atoms with Crippen LogP contribution in [0.4, 0.5) is 5.95 Å². The lowest BCUT2D eigenvalue weighted by Gasteiger charge is -2.31. The van der Waals surface area contributed by atoms with Gasteiger partial charge in [0, 0.05) is 43.5 Å². The SMILES string of the molecule is Cc1ccnc(N2CCC(C(=O)NCCC(C)N3CCCCCC3)CC2)n1. The Bertz CT molecular complexity index is 592. The van der Waals surface area contributed by atoms with Crippen molar-refractivity contribution in [2.45, 2.75) is 64.8 Å². The standard InChI is InChI=1S/C21H35N5O/c1-17-7-11-23-21(24-17)26-15-9-19(10-16-26)20(27)22-12-8-18(2)25-13-5-3-4-6-14-25/h7,11,18-19H,3-6,8-10,12-16H2,1-2H3,(H,22,27). The van der Waals surface area contributed by atoms with Gasteiger partial charge in [0.2, 0.25) is 11.9 Å². The van der Waals surface area contributed by atoms with Crippen LogP contribution in [0.2, 0.25) is 0 Å². The Kier molecular flexibility index (Phi) is 7.44. The van der Waals surface area contributed by atoms with Crippen LogP contribution in [0.15, 0.2) is 12.3 Å². The van der Waals surface area contributed by atoms with Crippen LogP contribution in [0.1, 0.15) is 57.6 Å². The molecule has 0 aliphatic carbocycles. The van der Waals surface area contributed by atoms with Crippen LogP contribution < -0.4 is 10.2 Å². The summed E-state index contributed by atoms with van der Waals surface area (Å²) in [6.07, 6.45) is 9.98. The molecule has 0 spiro atoms. The van der Waals surface area contributed by atoms with Crippen LogP contribution in [-0.2, 0) is 4.79 Å². The van der Waals surface area contributed by atoms with Gasteiger partial charge < -0.3 is 15.1 Å². The molecule has 1 N–H and O–H groups in total. The molecule has 0 aromatic carbocycles. The highest BCUT2D eigenvalue weighted by Gasteiger charge is 2.26. The zero-order valence-electron chi connectivity index (χ0n) is 17.0. The van der Waals surface area contributed by atoms with Crippen molar-refractivity contribution >= 4 is 11.9 Å². The molecule has 0 radical (unpaired) electrons. The fourth-order valence-corrected chi connectivity index (χ4v) is 4.20. The highest BCUT2D eigenvalue weighted by atomic mass is 16.1. The van der Waals surface area contributed by atoms with Crippen molar-refractivity contribution in [1.29, 1.82) is 0 Å². The first-order valence-corrected chi connectivity index (χ1v) is 10.7. The summed E-state index contributed by atoms with van der Waals surface area (Å²) in [5.41, 5.74) is 0.985. The second-order valence-electron chi connectivity index (χ2n) is 8.14. The van der Waals surface area contributed by atoms with Crippen molar-refractivity contribution in [3.8, 4) is 0 Å². The summed E-state index contributed by atoms with van der Waals surface area (Å²) in [4.78, 5) is 26.2. The van der Waals surface area contributed by atoms with Crippen molar-refractivity contribution in [2.24, 2.45) is 5.92 Å². The molecule has 1 atom stereocenters. The van der Waals surface area contributed by atoms with E-state index in [0.717, 1.165) is 50.5 Å². The Morgan fingerprint density at radius 2 is 1.89 bits per heavy atom. The smallest absolute Gasteiger partial charge is 0.225 e. The molecule has 3 rings (SSSR count). The summed E-state index contributed by atoms with van der Waals surface area (Å²) in [5, 5.41) is 3.19. The van der Waals surface area contributed by atoms with E-state index in [4.69, 9.17) is 0 Å². The van der Waals surface area contributed by atoms with Crippen molar-refractivity contribution in [1.82, 2.24) is 20.2 Å². The molecular weight excluding hydrogens is 338 g/mol. The molecule has 0 saturated carbocycles. The monoisotopic (exact) mass is 373 g/mol. The van der Waals surface area contributed by atoms with E-state index in [-0.39, 0.29) is 11.8 Å². The Labute approximate surface area is 163 Å². The lowest BCUT2D eigenvalue weighted by atomic mass is 9.96. The Hall–Kier alpha value is -1.69. The first-order valence-electron chi connectivity index (χ1n) is 10.7. The van der Waals surface area contributed by atoms with Crippen molar-refractivity contribution < 1.29 is 4.79 Å². The number of rotatable bonds is 6. The first-order chi connectivity index (χ1) is 13.1. The van der Waals surface area contributed by atoms with Gasteiger partial charge in [0.25, 0.3) is 0 Å². The van der Waals surface area contributed by atoms with Gasteiger partial charge in [0.15, 0.2) is 0 Å². The summed E-state index contributed by atoms with van der Waals surface area (Å²) in [5.74, 6) is 1.14. The second-order valence-corrected chi connectivity index (χ2v) is 8.14. The topological polar surface area (TPSA) is 61.4 Å². The molecule has 2 aliphatic rings. The van der Waals surface area contributed by atoms with E-state index in [1.807, 2.05) is 19.2 Å². The number of carbonyl (C=O) groups excluding carboxylic acids is 1. The molecule has 6 nitrogen and oxygen atoms in total. The summed E-state index contributed by atoms with van der Waals surface area (Å²) < 4.78 is 0. The van der Waals surface area contributed by atoms with Crippen LogP contribution in [-0.4, -0.2) is 59.5 Å². The summed E-state index contributed by atoms with van der Waals surface area (Å²) in [7, 11) is 0. The molecule has 1 aromatic heterocycles. The predicted octanol–water partition coefficient (Wildman–Crippen LogP) is 2.77. The van der Waals surface area contributed by atoms with Crippen LogP contribution >= 0.6 is 0 Å². The van der Waals surface area contributed by atoms with Crippen LogP contribution in [0.25, 0.3) is 0 Å². The zero-order valence-corrected chi connectivity index (χ0v) is 17.0. The fraction of sp³-hybridized carbons (Fsp3) is 0.762. The highest BCUT2D eigenvalue weighted by Crippen LogP contribution is 2.21. The maximum atomic E-state index is 12.5. The average Bonchev–Trinajstić information content (AvgIpc) is 2.97. The van der Waals surface area contributed by atoms with E-state index in [0.29, 0.717) is 6.04 Å². The van der Waals surface area contributed by atoms with Crippen LogP contribution in [0.5, 0.6) is 0 Å².